The van der Waals surface area contributed by atoms with Crippen molar-refractivity contribution in [3.8, 4) is 0 Å². The van der Waals surface area contributed by atoms with E-state index in [0.29, 0.717) is 26.3 Å². The van der Waals surface area contributed by atoms with Gasteiger partial charge in [-0.1, -0.05) is 0 Å². The molecule has 2 saturated heterocycles. The second-order valence-electron chi connectivity index (χ2n) is 6.64. The van der Waals surface area contributed by atoms with E-state index in [1.54, 1.807) is 0 Å². The summed E-state index contributed by atoms with van der Waals surface area (Å²) in [6.07, 6.45) is -1.14. The van der Waals surface area contributed by atoms with E-state index in [1.165, 1.54) is 16.1 Å². The van der Waals surface area contributed by atoms with E-state index in [4.69, 9.17) is 14.2 Å². The molecular formula is C18H23FN2O7S. The summed E-state index contributed by atoms with van der Waals surface area (Å²) in [7, 11) is -3.91. The molecule has 0 N–H and O–H groups in total. The number of carbonyl (C=O) groups is 2. The highest BCUT2D eigenvalue weighted by molar-refractivity contribution is 7.89. The second-order valence-corrected chi connectivity index (χ2v) is 8.58. The van der Waals surface area contributed by atoms with Crippen LogP contribution in [0.1, 0.15) is 17.3 Å². The Labute approximate surface area is 168 Å². The van der Waals surface area contributed by atoms with Gasteiger partial charge >= 0.3 is 5.97 Å². The van der Waals surface area contributed by atoms with Gasteiger partial charge in [0.25, 0.3) is 5.91 Å². The van der Waals surface area contributed by atoms with Crippen LogP contribution >= 0.6 is 0 Å². The van der Waals surface area contributed by atoms with Crippen LogP contribution in [0.5, 0.6) is 0 Å². The first-order valence-electron chi connectivity index (χ1n) is 9.25. The fourth-order valence-corrected chi connectivity index (χ4v) is 4.51. The van der Waals surface area contributed by atoms with Crippen LogP contribution in [0.25, 0.3) is 0 Å². The van der Waals surface area contributed by atoms with Crippen LogP contribution in [0, 0.1) is 5.82 Å². The SMILES string of the molecule is CC(OC(=O)c1cc(S(=O)(=O)N2CCOCC2)ccc1F)C(=O)N1CCOCC1. The Morgan fingerprint density at radius 2 is 1.66 bits per heavy atom. The van der Waals surface area contributed by atoms with Crippen molar-refractivity contribution in [1.82, 2.24) is 9.21 Å². The van der Waals surface area contributed by atoms with Crippen molar-refractivity contribution in [3.05, 3.63) is 29.6 Å². The molecule has 0 aliphatic carbocycles. The molecule has 2 aliphatic rings. The Morgan fingerprint density at radius 1 is 1.07 bits per heavy atom. The Hall–Kier alpha value is -2.08. The maximum absolute atomic E-state index is 14.2. The molecule has 2 heterocycles. The summed E-state index contributed by atoms with van der Waals surface area (Å²) in [5.74, 6) is -2.45. The third-order valence-corrected chi connectivity index (χ3v) is 6.61. The van der Waals surface area contributed by atoms with Gasteiger partial charge in [0.1, 0.15) is 5.82 Å². The minimum atomic E-state index is -3.91. The molecule has 0 radical (unpaired) electrons. The third-order valence-electron chi connectivity index (χ3n) is 4.72. The molecule has 1 atom stereocenters. The van der Waals surface area contributed by atoms with Crippen molar-refractivity contribution < 1.29 is 36.6 Å². The molecule has 29 heavy (non-hydrogen) atoms. The molecule has 0 bridgehead atoms. The molecule has 9 nitrogen and oxygen atoms in total. The van der Waals surface area contributed by atoms with Crippen LogP contribution in [-0.4, -0.2) is 88.2 Å². The molecule has 3 rings (SSSR count). The molecule has 0 aromatic heterocycles. The number of morpholine rings is 2. The smallest absolute Gasteiger partial charge is 0.341 e. The first-order valence-corrected chi connectivity index (χ1v) is 10.7. The number of amides is 1. The summed E-state index contributed by atoms with van der Waals surface area (Å²) in [5.41, 5.74) is -0.541. The van der Waals surface area contributed by atoms with E-state index in [1.807, 2.05) is 0 Å². The van der Waals surface area contributed by atoms with Crippen molar-refractivity contribution in [2.75, 3.05) is 52.6 Å². The van der Waals surface area contributed by atoms with E-state index in [2.05, 4.69) is 0 Å². The topological polar surface area (TPSA) is 102 Å². The molecule has 1 aromatic carbocycles. The van der Waals surface area contributed by atoms with Crippen LogP contribution in [0.3, 0.4) is 0 Å². The van der Waals surface area contributed by atoms with Crippen molar-refractivity contribution in [1.29, 1.82) is 0 Å². The lowest BCUT2D eigenvalue weighted by atomic mass is 10.2. The number of halogens is 1. The maximum Gasteiger partial charge on any atom is 0.341 e. The largest absolute Gasteiger partial charge is 0.449 e. The van der Waals surface area contributed by atoms with Gasteiger partial charge in [0.15, 0.2) is 6.10 Å². The van der Waals surface area contributed by atoms with E-state index >= 15 is 0 Å². The summed E-state index contributed by atoms with van der Waals surface area (Å²) >= 11 is 0. The van der Waals surface area contributed by atoms with Crippen molar-refractivity contribution in [3.63, 3.8) is 0 Å². The Balaban J connectivity index is 1.74. The number of sulfonamides is 1. The number of nitrogens with zero attached hydrogens (tertiary/aromatic N) is 2. The quantitative estimate of drug-likeness (QED) is 0.617. The number of carbonyl (C=O) groups excluding carboxylic acids is 2. The van der Waals surface area contributed by atoms with Crippen LogP contribution in [0.15, 0.2) is 23.1 Å². The predicted octanol–water partition coefficient (Wildman–Crippen LogP) is 0.251. The van der Waals surface area contributed by atoms with Gasteiger partial charge in [-0.2, -0.15) is 4.31 Å². The highest BCUT2D eigenvalue weighted by atomic mass is 32.2. The Morgan fingerprint density at radius 3 is 2.28 bits per heavy atom. The normalized spacial score (nSPS) is 19.6. The highest BCUT2D eigenvalue weighted by Crippen LogP contribution is 2.21. The van der Waals surface area contributed by atoms with E-state index in [-0.39, 0.29) is 31.2 Å². The summed E-state index contributed by atoms with van der Waals surface area (Å²) in [6, 6.07) is 2.94. The molecular weight excluding hydrogens is 407 g/mol. The van der Waals surface area contributed by atoms with Gasteiger partial charge in [0.2, 0.25) is 10.0 Å². The average molecular weight is 430 g/mol. The van der Waals surface area contributed by atoms with Gasteiger partial charge in [-0.25, -0.2) is 17.6 Å². The number of ether oxygens (including phenoxy) is 3. The van der Waals surface area contributed by atoms with Crippen molar-refractivity contribution in [2.24, 2.45) is 0 Å². The third kappa shape index (κ3) is 4.92. The zero-order valence-electron chi connectivity index (χ0n) is 16.0. The number of esters is 1. The Bertz CT molecular complexity index is 865. The molecule has 1 unspecified atom stereocenters. The molecule has 11 heteroatoms. The number of benzene rings is 1. The first-order chi connectivity index (χ1) is 13.8. The van der Waals surface area contributed by atoms with Crippen LogP contribution in [0.2, 0.25) is 0 Å². The van der Waals surface area contributed by atoms with E-state index < -0.39 is 39.4 Å². The van der Waals surface area contributed by atoms with E-state index in [9.17, 15) is 22.4 Å². The monoisotopic (exact) mass is 430 g/mol. The van der Waals surface area contributed by atoms with Gasteiger partial charge in [-0.3, -0.25) is 4.79 Å². The Kier molecular flexibility index (Phi) is 6.83. The van der Waals surface area contributed by atoms with Gasteiger partial charge in [0.05, 0.1) is 36.9 Å². The molecule has 160 valence electrons. The fraction of sp³-hybridized carbons (Fsp3) is 0.556. The molecule has 0 saturated carbocycles. The number of hydrogen-bond acceptors (Lipinski definition) is 7. The lowest BCUT2D eigenvalue weighted by molar-refractivity contribution is -0.143. The van der Waals surface area contributed by atoms with Gasteiger partial charge in [-0.05, 0) is 25.1 Å². The minimum absolute atomic E-state index is 0.171. The van der Waals surface area contributed by atoms with Crippen LogP contribution < -0.4 is 0 Å². The summed E-state index contributed by atoms with van der Waals surface area (Å²) < 4.78 is 56.3. The first kappa shape index (κ1) is 21.6. The lowest BCUT2D eigenvalue weighted by Crippen LogP contribution is -2.46. The zero-order chi connectivity index (χ0) is 21.0. The fourth-order valence-electron chi connectivity index (χ4n) is 3.07. The van der Waals surface area contributed by atoms with Gasteiger partial charge in [-0.15, -0.1) is 0 Å². The molecule has 2 aliphatic heterocycles. The minimum Gasteiger partial charge on any atom is -0.449 e. The summed E-state index contributed by atoms with van der Waals surface area (Å²) in [4.78, 5) is 26.1. The summed E-state index contributed by atoms with van der Waals surface area (Å²) in [6.45, 7) is 3.79. The predicted molar refractivity (Wildman–Crippen MR) is 98.3 cm³/mol. The van der Waals surface area contributed by atoms with Crippen molar-refractivity contribution >= 4 is 21.9 Å². The maximum atomic E-state index is 14.2. The van der Waals surface area contributed by atoms with Crippen molar-refractivity contribution in [2.45, 2.75) is 17.9 Å². The molecule has 0 spiro atoms. The van der Waals surface area contributed by atoms with E-state index in [0.717, 1.165) is 18.2 Å². The average Bonchev–Trinajstić information content (AvgIpc) is 2.74. The lowest BCUT2D eigenvalue weighted by Gasteiger charge is -2.29. The number of hydrogen-bond donors (Lipinski definition) is 0. The number of rotatable bonds is 5. The zero-order valence-corrected chi connectivity index (χ0v) is 16.8. The van der Waals surface area contributed by atoms with Gasteiger partial charge in [0, 0.05) is 26.2 Å². The van der Waals surface area contributed by atoms with Gasteiger partial charge < -0.3 is 19.1 Å². The standard InChI is InChI=1S/C18H23FN2O7S/c1-13(17(22)20-4-8-26-9-5-20)28-18(23)15-12-14(2-3-16(15)19)29(24,25)21-6-10-27-11-7-21/h2-3,12-13H,4-11H2,1H3. The van der Waals surface area contributed by atoms with Crippen LogP contribution in [-0.2, 0) is 29.0 Å². The van der Waals surface area contributed by atoms with Crippen LogP contribution in [0.4, 0.5) is 4.39 Å². The second kappa shape index (κ2) is 9.16. The molecule has 2 fully saturated rings. The highest BCUT2D eigenvalue weighted by Gasteiger charge is 2.30. The molecule has 1 aromatic rings. The summed E-state index contributed by atoms with van der Waals surface area (Å²) in [5, 5.41) is 0. The molecule has 1 amide bonds.